The Balaban J connectivity index is 1.40. The Hall–Kier alpha value is -2.43. The fourth-order valence-electron chi connectivity index (χ4n) is 3.43. The summed E-state index contributed by atoms with van der Waals surface area (Å²) >= 11 is 5.87. The first-order valence-electron chi connectivity index (χ1n) is 9.31. The molecule has 1 aromatic heterocycles. The molecule has 1 aliphatic carbocycles. The van der Waals surface area contributed by atoms with E-state index in [4.69, 9.17) is 11.6 Å². The van der Waals surface area contributed by atoms with Crippen molar-refractivity contribution in [1.82, 2.24) is 9.88 Å². The van der Waals surface area contributed by atoms with Gasteiger partial charge in [0.15, 0.2) is 0 Å². The third-order valence-electron chi connectivity index (χ3n) is 4.95. The molecule has 0 aliphatic heterocycles. The van der Waals surface area contributed by atoms with E-state index in [9.17, 15) is 4.79 Å². The molecule has 1 aliphatic rings. The maximum Gasteiger partial charge on any atom is 0.225 e. The van der Waals surface area contributed by atoms with Gasteiger partial charge < -0.3 is 5.32 Å². The van der Waals surface area contributed by atoms with Gasteiger partial charge in [0.2, 0.25) is 5.91 Å². The van der Waals surface area contributed by atoms with Gasteiger partial charge in [-0.15, -0.1) is 0 Å². The van der Waals surface area contributed by atoms with Crippen LogP contribution in [0, 0.1) is 0 Å². The van der Waals surface area contributed by atoms with E-state index in [-0.39, 0.29) is 5.91 Å². The lowest BCUT2D eigenvalue weighted by Gasteiger charge is -2.22. The normalized spacial score (nSPS) is 13.9. The number of rotatable bonds is 7. The van der Waals surface area contributed by atoms with Crippen molar-refractivity contribution in [3.63, 3.8) is 0 Å². The van der Waals surface area contributed by atoms with Crippen LogP contribution >= 0.6 is 11.6 Å². The second-order valence-electron chi connectivity index (χ2n) is 7.01. The fraction of sp³-hybridized carbons (Fsp3) is 0.273. The van der Waals surface area contributed by atoms with Crippen molar-refractivity contribution in [2.75, 3.05) is 11.9 Å². The van der Waals surface area contributed by atoms with Crippen LogP contribution in [0.1, 0.15) is 24.8 Å². The maximum absolute atomic E-state index is 12.3. The SMILES string of the molecule is O=C(CCN(Cc1cccc2ccccc12)C1CC1)Nc1ccnc(Cl)c1. The summed E-state index contributed by atoms with van der Waals surface area (Å²) in [4.78, 5) is 18.7. The van der Waals surface area contributed by atoms with E-state index >= 15 is 0 Å². The van der Waals surface area contributed by atoms with E-state index in [0.29, 0.717) is 23.3 Å². The van der Waals surface area contributed by atoms with E-state index in [2.05, 4.69) is 57.7 Å². The van der Waals surface area contributed by atoms with Crippen molar-refractivity contribution >= 4 is 34.0 Å². The average Bonchev–Trinajstić information content (AvgIpc) is 3.50. The van der Waals surface area contributed by atoms with Crippen LogP contribution in [0.4, 0.5) is 5.69 Å². The molecule has 138 valence electrons. The first-order chi connectivity index (χ1) is 13.2. The zero-order valence-corrected chi connectivity index (χ0v) is 15.8. The summed E-state index contributed by atoms with van der Waals surface area (Å²) in [6.45, 7) is 1.62. The van der Waals surface area contributed by atoms with Gasteiger partial charge in [-0.3, -0.25) is 9.69 Å². The lowest BCUT2D eigenvalue weighted by molar-refractivity contribution is -0.116. The molecule has 0 atom stereocenters. The maximum atomic E-state index is 12.3. The minimum atomic E-state index is 0.000774. The Kier molecular flexibility index (Phi) is 5.37. The van der Waals surface area contributed by atoms with Crippen LogP contribution in [0.15, 0.2) is 60.8 Å². The number of nitrogens with zero attached hydrogens (tertiary/aromatic N) is 2. The van der Waals surface area contributed by atoms with Crippen molar-refractivity contribution in [1.29, 1.82) is 0 Å². The van der Waals surface area contributed by atoms with Crippen LogP contribution in [0.5, 0.6) is 0 Å². The summed E-state index contributed by atoms with van der Waals surface area (Å²) in [6, 6.07) is 18.9. The molecular weight excluding hydrogens is 358 g/mol. The zero-order chi connectivity index (χ0) is 18.6. The van der Waals surface area contributed by atoms with Crippen LogP contribution in [-0.2, 0) is 11.3 Å². The summed E-state index contributed by atoms with van der Waals surface area (Å²) in [5, 5.41) is 5.83. The number of carbonyl (C=O) groups is 1. The molecule has 27 heavy (non-hydrogen) atoms. The van der Waals surface area contributed by atoms with Crippen LogP contribution in [0.2, 0.25) is 5.15 Å². The Bertz CT molecular complexity index is 950. The number of pyridine rings is 1. The Morgan fingerprint density at radius 3 is 2.78 bits per heavy atom. The minimum absolute atomic E-state index is 0.000774. The second-order valence-corrected chi connectivity index (χ2v) is 7.39. The van der Waals surface area contributed by atoms with Gasteiger partial charge in [0.1, 0.15) is 5.15 Å². The van der Waals surface area contributed by atoms with Gasteiger partial charge in [-0.25, -0.2) is 4.98 Å². The van der Waals surface area contributed by atoms with E-state index in [1.54, 1.807) is 18.3 Å². The van der Waals surface area contributed by atoms with Crippen LogP contribution in [-0.4, -0.2) is 28.4 Å². The number of carbonyl (C=O) groups excluding carboxylic acids is 1. The predicted molar refractivity (Wildman–Crippen MR) is 110 cm³/mol. The standard InChI is InChI=1S/C22H22ClN3O/c23-21-14-18(10-12-24-21)25-22(27)11-13-26(19-8-9-19)15-17-6-3-5-16-4-1-2-7-20(16)17/h1-7,10,12,14,19H,8-9,11,13,15H2,(H,24,25,27). The second kappa shape index (κ2) is 8.07. The van der Waals surface area contributed by atoms with E-state index in [1.165, 1.54) is 29.2 Å². The highest BCUT2D eigenvalue weighted by Gasteiger charge is 2.29. The molecule has 0 radical (unpaired) electrons. The largest absolute Gasteiger partial charge is 0.326 e. The highest BCUT2D eigenvalue weighted by Crippen LogP contribution is 2.30. The molecule has 4 nitrogen and oxygen atoms in total. The molecule has 0 spiro atoms. The number of nitrogens with one attached hydrogen (secondary N) is 1. The summed E-state index contributed by atoms with van der Waals surface area (Å²) in [7, 11) is 0. The molecule has 0 saturated heterocycles. The van der Waals surface area contributed by atoms with Gasteiger partial charge in [-0.05, 0) is 41.3 Å². The van der Waals surface area contributed by atoms with Crippen LogP contribution in [0.3, 0.4) is 0 Å². The van der Waals surface area contributed by atoms with Crippen molar-refractivity contribution in [2.45, 2.75) is 31.8 Å². The molecule has 1 saturated carbocycles. The summed E-state index contributed by atoms with van der Waals surface area (Å²) in [5.74, 6) is 0.000774. The molecule has 1 heterocycles. The van der Waals surface area contributed by atoms with Gasteiger partial charge in [-0.1, -0.05) is 54.1 Å². The van der Waals surface area contributed by atoms with E-state index in [0.717, 1.165) is 13.1 Å². The molecule has 2 aromatic carbocycles. The summed E-state index contributed by atoms with van der Waals surface area (Å²) in [5.41, 5.74) is 2.01. The number of aromatic nitrogens is 1. The topological polar surface area (TPSA) is 45.2 Å². The van der Waals surface area contributed by atoms with Gasteiger partial charge >= 0.3 is 0 Å². The number of amides is 1. The van der Waals surface area contributed by atoms with Crippen LogP contribution in [0.25, 0.3) is 10.8 Å². The van der Waals surface area contributed by atoms with Crippen molar-refractivity contribution in [3.8, 4) is 0 Å². The molecule has 4 rings (SSSR count). The Morgan fingerprint density at radius 2 is 1.96 bits per heavy atom. The quantitative estimate of drug-likeness (QED) is 0.595. The van der Waals surface area contributed by atoms with E-state index in [1.807, 2.05) is 0 Å². The first kappa shape index (κ1) is 18.0. The van der Waals surface area contributed by atoms with Gasteiger partial charge in [0, 0.05) is 37.4 Å². The number of fused-ring (bicyclic) bond motifs is 1. The highest BCUT2D eigenvalue weighted by molar-refractivity contribution is 6.29. The molecule has 1 amide bonds. The molecule has 3 aromatic rings. The zero-order valence-electron chi connectivity index (χ0n) is 15.1. The van der Waals surface area contributed by atoms with Crippen LogP contribution < -0.4 is 5.32 Å². The molecule has 0 unspecified atom stereocenters. The van der Waals surface area contributed by atoms with Crippen molar-refractivity contribution in [2.24, 2.45) is 0 Å². The molecule has 0 bridgehead atoms. The number of anilines is 1. The minimum Gasteiger partial charge on any atom is -0.326 e. The number of hydrogen-bond acceptors (Lipinski definition) is 3. The third kappa shape index (κ3) is 4.65. The first-order valence-corrected chi connectivity index (χ1v) is 9.69. The van der Waals surface area contributed by atoms with Crippen molar-refractivity contribution in [3.05, 3.63) is 71.5 Å². The highest BCUT2D eigenvalue weighted by atomic mass is 35.5. The third-order valence-corrected chi connectivity index (χ3v) is 5.16. The monoisotopic (exact) mass is 379 g/mol. The summed E-state index contributed by atoms with van der Waals surface area (Å²) in [6.07, 6.45) is 4.48. The number of hydrogen-bond donors (Lipinski definition) is 1. The Morgan fingerprint density at radius 1 is 1.15 bits per heavy atom. The number of halogens is 1. The summed E-state index contributed by atoms with van der Waals surface area (Å²) < 4.78 is 0. The van der Waals surface area contributed by atoms with Gasteiger partial charge in [0.25, 0.3) is 0 Å². The molecule has 5 heteroatoms. The predicted octanol–water partition coefficient (Wildman–Crippen LogP) is 4.88. The Labute approximate surface area is 164 Å². The molecular formula is C22H22ClN3O. The fourth-order valence-corrected chi connectivity index (χ4v) is 3.60. The van der Waals surface area contributed by atoms with Crippen molar-refractivity contribution < 1.29 is 4.79 Å². The lowest BCUT2D eigenvalue weighted by atomic mass is 10.0. The molecule has 1 fully saturated rings. The molecule has 1 N–H and O–H groups in total. The average molecular weight is 380 g/mol. The van der Waals surface area contributed by atoms with Gasteiger partial charge in [-0.2, -0.15) is 0 Å². The van der Waals surface area contributed by atoms with Gasteiger partial charge in [0.05, 0.1) is 0 Å². The van der Waals surface area contributed by atoms with E-state index < -0.39 is 0 Å². The smallest absolute Gasteiger partial charge is 0.225 e. The number of benzene rings is 2. The lowest BCUT2D eigenvalue weighted by Crippen LogP contribution is -2.29.